The normalized spacial score (nSPS) is 12.0. The summed E-state index contributed by atoms with van der Waals surface area (Å²) in [5.41, 5.74) is 2.58. The largest absolute Gasteiger partial charge is 0.496 e. The van der Waals surface area contributed by atoms with Crippen molar-refractivity contribution in [2.24, 2.45) is 5.92 Å². The highest BCUT2D eigenvalue weighted by atomic mass is 79.9. The van der Waals surface area contributed by atoms with Gasteiger partial charge in [0.05, 0.1) is 22.2 Å². The standard InChI is InChI=1S/C36H38BrCl2N3O5S/c1-24(2)21-40-36(44)33(18-26-8-6-5-7-9-26)41(22-27-12-13-28(38)19-32(27)39)35(43)23-42(29-14-10-25(3)11-15-29)48(45,46)30-16-17-34(47-4)31(37)20-30/h5-17,19-20,24,33H,18,21-23H2,1-4H3,(H,40,44)/t33-/m0/s1. The topological polar surface area (TPSA) is 96.0 Å². The molecule has 0 spiro atoms. The van der Waals surface area contributed by atoms with Crippen molar-refractivity contribution in [3.63, 3.8) is 0 Å². The van der Waals surface area contributed by atoms with E-state index in [-0.39, 0.29) is 35.4 Å². The lowest BCUT2D eigenvalue weighted by atomic mass is 10.0. The Morgan fingerprint density at radius 2 is 1.62 bits per heavy atom. The molecule has 0 unspecified atom stereocenters. The van der Waals surface area contributed by atoms with Gasteiger partial charge < -0.3 is 15.0 Å². The summed E-state index contributed by atoms with van der Waals surface area (Å²) in [6, 6.07) is 24.5. The van der Waals surface area contributed by atoms with E-state index in [1.54, 1.807) is 42.5 Å². The minimum Gasteiger partial charge on any atom is -0.496 e. The highest BCUT2D eigenvalue weighted by molar-refractivity contribution is 9.10. The maximum absolute atomic E-state index is 14.6. The Balaban J connectivity index is 1.83. The Hall–Kier alpha value is -3.57. The van der Waals surface area contributed by atoms with E-state index in [0.29, 0.717) is 32.4 Å². The van der Waals surface area contributed by atoms with Gasteiger partial charge in [-0.1, -0.05) is 91.1 Å². The molecule has 4 rings (SSSR count). The Bertz CT molecular complexity index is 1840. The summed E-state index contributed by atoms with van der Waals surface area (Å²) in [5.74, 6) is -0.352. The van der Waals surface area contributed by atoms with Gasteiger partial charge in [-0.25, -0.2) is 8.42 Å². The number of anilines is 1. The van der Waals surface area contributed by atoms with Crippen LogP contribution in [-0.4, -0.2) is 51.4 Å². The van der Waals surface area contributed by atoms with Crippen LogP contribution in [0.2, 0.25) is 10.0 Å². The van der Waals surface area contributed by atoms with Crippen LogP contribution >= 0.6 is 39.1 Å². The molecule has 0 fully saturated rings. The van der Waals surface area contributed by atoms with Crippen LogP contribution in [0.4, 0.5) is 5.69 Å². The molecular weight excluding hydrogens is 737 g/mol. The van der Waals surface area contributed by atoms with Gasteiger partial charge in [0.2, 0.25) is 11.8 Å². The Kier molecular flexibility index (Phi) is 13.0. The second-order valence-electron chi connectivity index (χ2n) is 11.7. The summed E-state index contributed by atoms with van der Waals surface area (Å²) >= 11 is 16.1. The highest BCUT2D eigenvalue weighted by Crippen LogP contribution is 2.31. The smallest absolute Gasteiger partial charge is 0.264 e. The molecule has 8 nitrogen and oxygen atoms in total. The third kappa shape index (κ3) is 9.53. The van der Waals surface area contributed by atoms with Crippen LogP contribution in [0.25, 0.3) is 0 Å². The number of hydrogen-bond acceptors (Lipinski definition) is 5. The summed E-state index contributed by atoms with van der Waals surface area (Å²) in [6.07, 6.45) is 0.185. The number of nitrogens with zero attached hydrogens (tertiary/aromatic N) is 2. The first-order chi connectivity index (χ1) is 22.8. The van der Waals surface area contributed by atoms with Gasteiger partial charge in [0.25, 0.3) is 10.0 Å². The van der Waals surface area contributed by atoms with E-state index < -0.39 is 28.5 Å². The molecule has 0 aliphatic heterocycles. The molecule has 0 aliphatic rings. The number of rotatable bonds is 14. The average molecular weight is 776 g/mol. The van der Waals surface area contributed by atoms with E-state index in [1.807, 2.05) is 51.1 Å². The SMILES string of the molecule is COc1ccc(S(=O)(=O)N(CC(=O)N(Cc2ccc(Cl)cc2Cl)[C@@H](Cc2ccccc2)C(=O)NCC(C)C)c2ccc(C)cc2)cc1Br. The summed E-state index contributed by atoms with van der Waals surface area (Å²) in [7, 11) is -2.82. The number of carbonyl (C=O) groups excluding carboxylic acids is 2. The molecule has 0 aliphatic carbocycles. The second kappa shape index (κ2) is 16.7. The van der Waals surface area contributed by atoms with Crippen LogP contribution < -0.4 is 14.4 Å². The molecule has 48 heavy (non-hydrogen) atoms. The number of sulfonamides is 1. The number of benzene rings is 4. The predicted octanol–water partition coefficient (Wildman–Crippen LogP) is 7.68. The van der Waals surface area contributed by atoms with Crippen molar-refractivity contribution in [1.82, 2.24) is 10.2 Å². The van der Waals surface area contributed by atoms with Crippen LogP contribution in [0.3, 0.4) is 0 Å². The number of nitrogens with one attached hydrogen (secondary N) is 1. The Morgan fingerprint density at radius 3 is 2.23 bits per heavy atom. The molecule has 2 amide bonds. The molecule has 0 saturated carbocycles. The van der Waals surface area contributed by atoms with Gasteiger partial charge in [0, 0.05) is 29.6 Å². The van der Waals surface area contributed by atoms with Crippen molar-refractivity contribution in [3.05, 3.63) is 122 Å². The molecule has 1 atom stereocenters. The van der Waals surface area contributed by atoms with Crippen LogP contribution in [0.1, 0.15) is 30.5 Å². The van der Waals surface area contributed by atoms with Crippen molar-refractivity contribution in [3.8, 4) is 5.75 Å². The van der Waals surface area contributed by atoms with E-state index in [0.717, 1.165) is 15.4 Å². The highest BCUT2D eigenvalue weighted by Gasteiger charge is 2.35. The van der Waals surface area contributed by atoms with Gasteiger partial charge in [0.15, 0.2) is 0 Å². The number of methoxy groups -OCH3 is 1. The number of hydrogen-bond donors (Lipinski definition) is 1. The van der Waals surface area contributed by atoms with Crippen molar-refractivity contribution in [2.45, 2.75) is 44.7 Å². The van der Waals surface area contributed by atoms with Gasteiger partial charge in [-0.15, -0.1) is 0 Å². The molecule has 0 radical (unpaired) electrons. The van der Waals surface area contributed by atoms with Crippen molar-refractivity contribution in [2.75, 3.05) is 24.5 Å². The zero-order valence-corrected chi connectivity index (χ0v) is 31.0. The molecule has 1 N–H and O–H groups in total. The Morgan fingerprint density at radius 1 is 0.938 bits per heavy atom. The molecule has 4 aromatic rings. The molecule has 0 heterocycles. The molecular formula is C36H38BrCl2N3O5S. The van der Waals surface area contributed by atoms with Crippen LogP contribution in [0.15, 0.2) is 100 Å². The maximum Gasteiger partial charge on any atom is 0.264 e. The fourth-order valence-electron chi connectivity index (χ4n) is 4.98. The zero-order valence-electron chi connectivity index (χ0n) is 27.1. The van der Waals surface area contributed by atoms with E-state index in [2.05, 4.69) is 21.2 Å². The van der Waals surface area contributed by atoms with Crippen LogP contribution in [0.5, 0.6) is 5.75 Å². The lowest BCUT2D eigenvalue weighted by Crippen LogP contribution is -2.53. The third-order valence-electron chi connectivity index (χ3n) is 7.62. The monoisotopic (exact) mass is 773 g/mol. The molecule has 12 heteroatoms. The van der Waals surface area contributed by atoms with Crippen molar-refractivity contribution >= 4 is 66.7 Å². The molecule has 254 valence electrons. The number of aryl methyl sites for hydroxylation is 1. The number of carbonyl (C=O) groups is 2. The van der Waals surface area contributed by atoms with Crippen molar-refractivity contribution in [1.29, 1.82) is 0 Å². The molecule has 0 saturated heterocycles. The lowest BCUT2D eigenvalue weighted by Gasteiger charge is -2.34. The minimum atomic E-state index is -4.30. The summed E-state index contributed by atoms with van der Waals surface area (Å²) in [4.78, 5) is 29.9. The number of amides is 2. The van der Waals surface area contributed by atoms with E-state index in [1.165, 1.54) is 30.2 Å². The fourth-order valence-corrected chi connectivity index (χ4v) is 7.59. The summed E-state index contributed by atoms with van der Waals surface area (Å²) in [6.45, 7) is 5.57. The summed E-state index contributed by atoms with van der Waals surface area (Å²) in [5, 5.41) is 3.70. The van der Waals surface area contributed by atoms with Crippen molar-refractivity contribution < 1.29 is 22.7 Å². The fraction of sp³-hybridized carbons (Fsp3) is 0.278. The zero-order chi connectivity index (χ0) is 35.0. The Labute approximate surface area is 301 Å². The second-order valence-corrected chi connectivity index (χ2v) is 15.3. The minimum absolute atomic E-state index is 0.0497. The van der Waals surface area contributed by atoms with Crippen LogP contribution in [0, 0.1) is 12.8 Å². The van der Waals surface area contributed by atoms with E-state index >= 15 is 0 Å². The predicted molar refractivity (Wildman–Crippen MR) is 195 cm³/mol. The maximum atomic E-state index is 14.6. The van der Waals surface area contributed by atoms with Gasteiger partial charge in [-0.2, -0.15) is 0 Å². The molecule has 0 bridgehead atoms. The number of ether oxygens (including phenoxy) is 1. The first-order valence-electron chi connectivity index (χ1n) is 15.3. The number of halogens is 3. The van der Waals surface area contributed by atoms with Crippen LogP contribution in [-0.2, 0) is 32.6 Å². The van der Waals surface area contributed by atoms with Gasteiger partial charge in [-0.05, 0) is 82.4 Å². The van der Waals surface area contributed by atoms with E-state index in [4.69, 9.17) is 27.9 Å². The first-order valence-corrected chi connectivity index (χ1v) is 18.3. The van der Waals surface area contributed by atoms with Gasteiger partial charge >= 0.3 is 0 Å². The third-order valence-corrected chi connectivity index (χ3v) is 10.6. The molecule has 4 aromatic carbocycles. The van der Waals surface area contributed by atoms with E-state index in [9.17, 15) is 18.0 Å². The molecule has 0 aromatic heterocycles. The van der Waals surface area contributed by atoms with Gasteiger partial charge in [0.1, 0.15) is 18.3 Å². The quantitative estimate of drug-likeness (QED) is 0.142. The lowest BCUT2D eigenvalue weighted by molar-refractivity contribution is -0.140. The first kappa shape index (κ1) is 37.3. The average Bonchev–Trinajstić information content (AvgIpc) is 3.05. The van der Waals surface area contributed by atoms with Gasteiger partial charge in [-0.3, -0.25) is 13.9 Å². The summed E-state index contributed by atoms with van der Waals surface area (Å²) < 4.78 is 35.5.